The third-order valence-electron chi connectivity index (χ3n) is 2.54. The lowest BCUT2D eigenvalue weighted by Crippen LogP contribution is -2.19. The number of aromatic nitrogens is 1. The number of rotatable bonds is 4. The summed E-state index contributed by atoms with van der Waals surface area (Å²) in [6.45, 7) is 2.79. The Morgan fingerprint density at radius 1 is 1.67 bits per heavy atom. The summed E-state index contributed by atoms with van der Waals surface area (Å²) < 4.78 is 0. The van der Waals surface area contributed by atoms with Gasteiger partial charge in [0.05, 0.1) is 0 Å². The molecule has 1 aliphatic rings. The smallest absolute Gasteiger partial charge is 0.355 e. The second kappa shape index (κ2) is 3.81. The van der Waals surface area contributed by atoms with Crippen LogP contribution >= 0.6 is 11.3 Å². The number of carboxylic acids is 1. The molecule has 0 unspecified atom stereocenters. The molecule has 1 N–H and O–H groups in total. The maximum Gasteiger partial charge on any atom is 0.355 e. The Labute approximate surface area is 92.6 Å². The zero-order chi connectivity index (χ0) is 11.0. The van der Waals surface area contributed by atoms with Crippen LogP contribution in [0.5, 0.6) is 0 Å². The largest absolute Gasteiger partial charge is 0.476 e. The molecule has 5 heteroatoms. The summed E-state index contributed by atoms with van der Waals surface area (Å²) in [7, 11) is 1.97. The average molecular weight is 226 g/mol. The van der Waals surface area contributed by atoms with Crippen LogP contribution in [0.3, 0.4) is 0 Å². The highest BCUT2D eigenvalue weighted by atomic mass is 32.1. The molecule has 0 aliphatic heterocycles. The molecular weight excluding hydrogens is 212 g/mol. The maximum absolute atomic E-state index is 10.8. The first-order chi connectivity index (χ1) is 7.08. The minimum absolute atomic E-state index is 0.192. The van der Waals surface area contributed by atoms with Crippen LogP contribution in [0.4, 0.5) is 5.13 Å². The van der Waals surface area contributed by atoms with Crippen LogP contribution in [0, 0.1) is 12.8 Å². The van der Waals surface area contributed by atoms with Gasteiger partial charge in [0.1, 0.15) is 0 Å². The molecule has 0 saturated heterocycles. The first-order valence-electron chi connectivity index (χ1n) is 4.99. The Hall–Kier alpha value is -1.10. The molecule has 1 heterocycles. The number of aryl methyl sites for hydroxylation is 1. The lowest BCUT2D eigenvalue weighted by molar-refractivity contribution is 0.0690. The summed E-state index contributed by atoms with van der Waals surface area (Å²) in [4.78, 5) is 17.8. The van der Waals surface area contributed by atoms with Crippen molar-refractivity contribution in [2.75, 3.05) is 18.5 Å². The normalized spacial score (nSPS) is 15.3. The molecule has 0 radical (unpaired) electrons. The molecule has 82 valence electrons. The van der Waals surface area contributed by atoms with Gasteiger partial charge in [0.25, 0.3) is 0 Å². The van der Waals surface area contributed by atoms with Crippen molar-refractivity contribution in [3.8, 4) is 0 Å². The molecule has 2 rings (SSSR count). The molecule has 0 aromatic carbocycles. The van der Waals surface area contributed by atoms with E-state index in [1.165, 1.54) is 24.2 Å². The second-order valence-corrected chi connectivity index (χ2v) is 5.21. The van der Waals surface area contributed by atoms with Gasteiger partial charge in [0, 0.05) is 18.5 Å². The molecule has 0 spiro atoms. The summed E-state index contributed by atoms with van der Waals surface area (Å²) in [5, 5.41) is 9.70. The molecule has 1 aromatic rings. The molecule has 0 bridgehead atoms. The maximum atomic E-state index is 10.8. The van der Waals surface area contributed by atoms with Crippen LogP contribution < -0.4 is 4.90 Å². The third kappa shape index (κ3) is 2.28. The van der Waals surface area contributed by atoms with Crippen molar-refractivity contribution in [1.29, 1.82) is 0 Å². The Morgan fingerprint density at radius 3 is 2.80 bits per heavy atom. The topological polar surface area (TPSA) is 53.4 Å². The molecular formula is C10H14N2O2S. The van der Waals surface area contributed by atoms with Gasteiger partial charge in [0.2, 0.25) is 0 Å². The first kappa shape index (κ1) is 10.4. The molecule has 1 fully saturated rings. The highest BCUT2D eigenvalue weighted by Gasteiger charge is 2.25. The predicted octanol–water partition coefficient (Wildman–Crippen LogP) is 2.00. The van der Waals surface area contributed by atoms with Gasteiger partial charge in [0.15, 0.2) is 10.8 Å². The summed E-state index contributed by atoms with van der Waals surface area (Å²) in [5.74, 6) is -0.151. The van der Waals surface area contributed by atoms with Gasteiger partial charge in [-0.15, -0.1) is 11.3 Å². The SMILES string of the molecule is Cc1sc(N(C)CC2CC2)nc1C(=O)O. The minimum Gasteiger partial charge on any atom is -0.476 e. The van der Waals surface area contributed by atoms with Crippen LogP contribution in [0.15, 0.2) is 0 Å². The van der Waals surface area contributed by atoms with E-state index in [2.05, 4.69) is 9.88 Å². The number of hydrogen-bond donors (Lipinski definition) is 1. The monoisotopic (exact) mass is 226 g/mol. The molecule has 15 heavy (non-hydrogen) atoms. The first-order valence-corrected chi connectivity index (χ1v) is 5.81. The van der Waals surface area contributed by atoms with E-state index in [9.17, 15) is 4.79 Å². The van der Waals surface area contributed by atoms with E-state index in [1.807, 2.05) is 7.05 Å². The standard InChI is InChI=1S/C10H14N2O2S/c1-6-8(9(13)14)11-10(15-6)12(2)5-7-3-4-7/h7H,3-5H2,1-2H3,(H,13,14). The molecule has 1 aromatic heterocycles. The lowest BCUT2D eigenvalue weighted by Gasteiger charge is -2.14. The van der Waals surface area contributed by atoms with Gasteiger partial charge in [-0.25, -0.2) is 9.78 Å². The van der Waals surface area contributed by atoms with Gasteiger partial charge >= 0.3 is 5.97 Å². The Kier molecular flexibility index (Phi) is 2.65. The fourth-order valence-electron chi connectivity index (χ4n) is 1.51. The number of nitrogens with zero attached hydrogens (tertiary/aromatic N) is 2. The quantitative estimate of drug-likeness (QED) is 0.853. The van der Waals surface area contributed by atoms with E-state index in [0.29, 0.717) is 0 Å². The van der Waals surface area contributed by atoms with Gasteiger partial charge in [-0.2, -0.15) is 0 Å². The predicted molar refractivity (Wildman–Crippen MR) is 59.8 cm³/mol. The van der Waals surface area contributed by atoms with Crippen molar-refractivity contribution in [2.45, 2.75) is 19.8 Å². The summed E-state index contributed by atoms with van der Waals surface area (Å²) in [5.41, 5.74) is 0.192. The highest BCUT2D eigenvalue weighted by Crippen LogP contribution is 2.32. The number of aromatic carboxylic acids is 1. The van der Waals surface area contributed by atoms with E-state index >= 15 is 0 Å². The fraction of sp³-hybridized carbons (Fsp3) is 0.600. The molecule has 1 aliphatic carbocycles. The molecule has 1 saturated carbocycles. The molecule has 0 amide bonds. The van der Waals surface area contributed by atoms with E-state index in [4.69, 9.17) is 5.11 Å². The summed E-state index contributed by atoms with van der Waals surface area (Å²) in [6, 6.07) is 0. The van der Waals surface area contributed by atoms with Crippen LogP contribution in [-0.2, 0) is 0 Å². The molecule has 0 atom stereocenters. The number of carbonyl (C=O) groups is 1. The summed E-state index contributed by atoms with van der Waals surface area (Å²) in [6.07, 6.45) is 2.58. The van der Waals surface area contributed by atoms with Gasteiger partial charge in [-0.1, -0.05) is 0 Å². The van der Waals surface area contributed by atoms with Crippen molar-refractivity contribution >= 4 is 22.4 Å². The van der Waals surface area contributed by atoms with E-state index < -0.39 is 5.97 Å². The fourth-order valence-corrected chi connectivity index (χ4v) is 2.38. The van der Waals surface area contributed by atoms with Crippen molar-refractivity contribution in [1.82, 2.24) is 4.98 Å². The molecule has 4 nitrogen and oxygen atoms in total. The number of carboxylic acid groups (broad SMARTS) is 1. The minimum atomic E-state index is -0.935. The Morgan fingerprint density at radius 2 is 2.33 bits per heavy atom. The lowest BCUT2D eigenvalue weighted by atomic mass is 10.4. The van der Waals surface area contributed by atoms with Crippen molar-refractivity contribution < 1.29 is 9.90 Å². The van der Waals surface area contributed by atoms with Gasteiger partial charge in [-0.05, 0) is 25.7 Å². The van der Waals surface area contributed by atoms with Crippen LogP contribution in [-0.4, -0.2) is 29.7 Å². The number of anilines is 1. The zero-order valence-corrected chi connectivity index (χ0v) is 9.67. The van der Waals surface area contributed by atoms with E-state index in [-0.39, 0.29) is 5.69 Å². The second-order valence-electron chi connectivity index (χ2n) is 4.03. The van der Waals surface area contributed by atoms with Gasteiger partial charge in [-0.3, -0.25) is 0 Å². The van der Waals surface area contributed by atoms with E-state index in [1.54, 1.807) is 6.92 Å². The van der Waals surface area contributed by atoms with Crippen LogP contribution in [0.25, 0.3) is 0 Å². The summed E-state index contributed by atoms with van der Waals surface area (Å²) >= 11 is 1.45. The van der Waals surface area contributed by atoms with Crippen molar-refractivity contribution in [3.63, 3.8) is 0 Å². The average Bonchev–Trinajstić information content (AvgIpc) is 2.86. The number of hydrogen-bond acceptors (Lipinski definition) is 4. The van der Waals surface area contributed by atoms with Gasteiger partial charge < -0.3 is 10.0 Å². The van der Waals surface area contributed by atoms with Crippen LogP contribution in [0.1, 0.15) is 28.2 Å². The zero-order valence-electron chi connectivity index (χ0n) is 8.86. The van der Waals surface area contributed by atoms with Crippen molar-refractivity contribution in [2.24, 2.45) is 5.92 Å². The van der Waals surface area contributed by atoms with Crippen molar-refractivity contribution in [3.05, 3.63) is 10.6 Å². The Bertz CT molecular complexity index is 385. The van der Waals surface area contributed by atoms with E-state index in [0.717, 1.165) is 22.5 Å². The number of thiazole rings is 1. The Balaban J connectivity index is 2.13. The van der Waals surface area contributed by atoms with Crippen LogP contribution in [0.2, 0.25) is 0 Å². The third-order valence-corrected chi connectivity index (χ3v) is 3.63. The highest BCUT2D eigenvalue weighted by molar-refractivity contribution is 7.15.